The fourth-order valence-corrected chi connectivity index (χ4v) is 3.66. The molecule has 0 saturated carbocycles. The van der Waals surface area contributed by atoms with E-state index in [-0.39, 0.29) is 6.04 Å². The molecular formula is C24H22N2O2. The van der Waals surface area contributed by atoms with Crippen LogP contribution >= 0.6 is 0 Å². The lowest BCUT2D eigenvalue weighted by atomic mass is 9.98. The number of hydrogen-bond donors (Lipinski definition) is 1. The van der Waals surface area contributed by atoms with Gasteiger partial charge in [0, 0.05) is 13.1 Å². The van der Waals surface area contributed by atoms with Crippen molar-refractivity contribution in [2.45, 2.75) is 19.0 Å². The summed E-state index contributed by atoms with van der Waals surface area (Å²) in [7, 11) is 0. The van der Waals surface area contributed by atoms with Gasteiger partial charge in [-0.25, -0.2) is 0 Å². The minimum atomic E-state index is -0.572. The molecule has 0 radical (unpaired) electrons. The Labute approximate surface area is 164 Å². The molecule has 4 heteroatoms. The minimum Gasteiger partial charge on any atom is -0.337 e. The van der Waals surface area contributed by atoms with E-state index in [1.807, 2.05) is 78.9 Å². The van der Waals surface area contributed by atoms with Crippen LogP contribution in [-0.2, 0) is 22.6 Å². The smallest absolute Gasteiger partial charge is 0.312 e. The lowest BCUT2D eigenvalue weighted by molar-refractivity contribution is -0.146. The number of rotatable bonds is 3. The predicted octanol–water partition coefficient (Wildman–Crippen LogP) is 3.48. The zero-order chi connectivity index (χ0) is 19.3. The van der Waals surface area contributed by atoms with Crippen LogP contribution in [0.1, 0.15) is 28.3 Å². The minimum absolute atomic E-state index is 0.365. The Morgan fingerprint density at radius 2 is 1.29 bits per heavy atom. The number of nitrogens with one attached hydrogen (secondary N) is 1. The lowest BCUT2D eigenvalue weighted by Crippen LogP contribution is -2.46. The van der Waals surface area contributed by atoms with Crippen molar-refractivity contribution in [3.63, 3.8) is 0 Å². The third-order valence-corrected chi connectivity index (χ3v) is 5.15. The van der Waals surface area contributed by atoms with Gasteiger partial charge in [0.2, 0.25) is 0 Å². The molecule has 0 aromatic heterocycles. The van der Waals surface area contributed by atoms with Crippen LogP contribution in [0.2, 0.25) is 0 Å². The number of nitrogens with zero attached hydrogens (tertiary/aromatic N) is 1. The van der Waals surface area contributed by atoms with Gasteiger partial charge in [-0.05, 0) is 28.7 Å². The topological polar surface area (TPSA) is 49.4 Å². The Morgan fingerprint density at radius 1 is 0.750 bits per heavy atom. The van der Waals surface area contributed by atoms with Crippen LogP contribution in [0.3, 0.4) is 0 Å². The lowest BCUT2D eigenvalue weighted by Gasteiger charge is -2.29. The van der Waals surface area contributed by atoms with Gasteiger partial charge in [-0.3, -0.25) is 9.59 Å². The number of fused-ring (bicyclic) bond motifs is 1. The molecule has 0 saturated heterocycles. The molecule has 1 N–H and O–H groups in total. The van der Waals surface area contributed by atoms with E-state index in [0.717, 1.165) is 23.1 Å². The van der Waals surface area contributed by atoms with Crippen molar-refractivity contribution in [3.8, 4) is 0 Å². The van der Waals surface area contributed by atoms with Gasteiger partial charge in [0.15, 0.2) is 0 Å². The van der Waals surface area contributed by atoms with Crippen LogP contribution in [0, 0.1) is 0 Å². The molecule has 3 aromatic carbocycles. The van der Waals surface area contributed by atoms with Crippen molar-refractivity contribution in [1.29, 1.82) is 0 Å². The largest absolute Gasteiger partial charge is 0.337 e. The molecule has 2 amide bonds. The number of benzene rings is 3. The Bertz CT molecular complexity index is 931. The maximum Gasteiger partial charge on any atom is 0.312 e. The summed E-state index contributed by atoms with van der Waals surface area (Å²) >= 11 is 0. The van der Waals surface area contributed by atoms with Gasteiger partial charge in [-0.1, -0.05) is 84.9 Å². The summed E-state index contributed by atoms with van der Waals surface area (Å²) < 4.78 is 0. The molecule has 0 spiro atoms. The van der Waals surface area contributed by atoms with Crippen LogP contribution in [-0.4, -0.2) is 23.3 Å². The summed E-state index contributed by atoms with van der Waals surface area (Å²) in [6.45, 7) is 1.04. The second-order valence-electron chi connectivity index (χ2n) is 6.97. The molecule has 1 heterocycles. The maximum atomic E-state index is 12.8. The molecule has 0 fully saturated rings. The quantitative estimate of drug-likeness (QED) is 0.718. The highest BCUT2D eigenvalue weighted by Gasteiger charge is 2.28. The summed E-state index contributed by atoms with van der Waals surface area (Å²) in [5.41, 5.74) is 4.24. The molecule has 28 heavy (non-hydrogen) atoms. The van der Waals surface area contributed by atoms with Crippen LogP contribution in [0.15, 0.2) is 84.9 Å². The van der Waals surface area contributed by atoms with Gasteiger partial charge in [0.25, 0.3) is 0 Å². The standard InChI is InChI=1S/C24H22N2O2/c27-23(24(28)26-16-15-18-9-7-8-14-21(18)17-26)25-22(19-10-3-1-4-11-19)20-12-5-2-6-13-20/h1-14,22H,15-17H2,(H,25,27). The Balaban J connectivity index is 1.53. The van der Waals surface area contributed by atoms with Gasteiger partial charge >= 0.3 is 11.8 Å². The van der Waals surface area contributed by atoms with Crippen LogP contribution in [0.4, 0.5) is 0 Å². The van der Waals surface area contributed by atoms with E-state index in [1.54, 1.807) is 4.90 Å². The Hall–Kier alpha value is -3.40. The van der Waals surface area contributed by atoms with E-state index < -0.39 is 11.8 Å². The monoisotopic (exact) mass is 370 g/mol. The Morgan fingerprint density at radius 3 is 1.89 bits per heavy atom. The van der Waals surface area contributed by atoms with Crippen molar-refractivity contribution in [2.24, 2.45) is 0 Å². The molecule has 140 valence electrons. The molecule has 3 aromatic rings. The third kappa shape index (κ3) is 3.81. The van der Waals surface area contributed by atoms with Gasteiger partial charge in [-0.2, -0.15) is 0 Å². The van der Waals surface area contributed by atoms with Crippen molar-refractivity contribution >= 4 is 11.8 Å². The summed E-state index contributed by atoms with van der Waals surface area (Å²) in [6, 6.07) is 27.1. The zero-order valence-corrected chi connectivity index (χ0v) is 15.5. The van der Waals surface area contributed by atoms with Crippen LogP contribution in [0.25, 0.3) is 0 Å². The highest BCUT2D eigenvalue weighted by molar-refractivity contribution is 6.35. The summed E-state index contributed by atoms with van der Waals surface area (Å²) in [5.74, 6) is -1.05. The number of carbonyl (C=O) groups excluding carboxylic acids is 2. The first-order valence-corrected chi connectivity index (χ1v) is 9.49. The average molecular weight is 370 g/mol. The predicted molar refractivity (Wildman–Crippen MR) is 108 cm³/mol. The van der Waals surface area contributed by atoms with Crippen molar-refractivity contribution in [3.05, 3.63) is 107 Å². The summed E-state index contributed by atoms with van der Waals surface area (Å²) in [4.78, 5) is 27.3. The van der Waals surface area contributed by atoms with Crippen molar-refractivity contribution in [2.75, 3.05) is 6.54 Å². The fourth-order valence-electron chi connectivity index (χ4n) is 3.66. The fraction of sp³-hybridized carbons (Fsp3) is 0.167. The van der Waals surface area contributed by atoms with E-state index in [2.05, 4.69) is 11.4 Å². The van der Waals surface area contributed by atoms with E-state index in [4.69, 9.17) is 0 Å². The Kier molecular flexibility index (Phi) is 5.20. The molecule has 4 nitrogen and oxygen atoms in total. The number of amides is 2. The molecule has 4 rings (SSSR count). The number of hydrogen-bond acceptors (Lipinski definition) is 2. The molecule has 1 aliphatic heterocycles. The first-order valence-electron chi connectivity index (χ1n) is 9.49. The highest BCUT2D eigenvalue weighted by Crippen LogP contribution is 2.23. The van der Waals surface area contributed by atoms with Gasteiger partial charge in [-0.15, -0.1) is 0 Å². The van der Waals surface area contributed by atoms with E-state index in [1.165, 1.54) is 5.56 Å². The van der Waals surface area contributed by atoms with Crippen molar-refractivity contribution < 1.29 is 9.59 Å². The average Bonchev–Trinajstić information content (AvgIpc) is 2.77. The summed E-state index contributed by atoms with van der Waals surface area (Å²) in [5, 5.41) is 2.94. The molecule has 0 atom stereocenters. The van der Waals surface area contributed by atoms with E-state index >= 15 is 0 Å². The first kappa shape index (κ1) is 18.0. The molecule has 1 aliphatic rings. The van der Waals surface area contributed by atoms with Crippen LogP contribution in [0.5, 0.6) is 0 Å². The molecule has 0 aliphatic carbocycles. The number of carbonyl (C=O) groups is 2. The second kappa shape index (κ2) is 8.09. The van der Waals surface area contributed by atoms with Gasteiger partial charge < -0.3 is 10.2 Å². The maximum absolute atomic E-state index is 12.8. The summed E-state index contributed by atoms with van der Waals surface area (Å²) in [6.07, 6.45) is 0.774. The molecular weight excluding hydrogens is 348 g/mol. The second-order valence-corrected chi connectivity index (χ2v) is 6.97. The first-order chi connectivity index (χ1) is 13.7. The van der Waals surface area contributed by atoms with Crippen LogP contribution < -0.4 is 5.32 Å². The van der Waals surface area contributed by atoms with E-state index in [0.29, 0.717) is 13.1 Å². The zero-order valence-electron chi connectivity index (χ0n) is 15.5. The van der Waals surface area contributed by atoms with Gasteiger partial charge in [0.1, 0.15) is 0 Å². The van der Waals surface area contributed by atoms with Gasteiger partial charge in [0.05, 0.1) is 6.04 Å². The van der Waals surface area contributed by atoms with Crippen molar-refractivity contribution in [1.82, 2.24) is 10.2 Å². The SMILES string of the molecule is O=C(NC(c1ccccc1)c1ccccc1)C(=O)N1CCc2ccccc2C1. The third-order valence-electron chi connectivity index (χ3n) is 5.15. The molecule has 0 bridgehead atoms. The molecule has 0 unspecified atom stereocenters. The normalized spacial score (nSPS) is 13.1. The highest BCUT2D eigenvalue weighted by atomic mass is 16.2. The van der Waals surface area contributed by atoms with E-state index in [9.17, 15) is 9.59 Å².